The Morgan fingerprint density at radius 2 is 1.56 bits per heavy atom. The predicted molar refractivity (Wildman–Crippen MR) is 101 cm³/mol. The number of hydrogen-bond acceptors (Lipinski definition) is 3. The summed E-state index contributed by atoms with van der Waals surface area (Å²) in [6.45, 7) is 0. The van der Waals surface area contributed by atoms with Crippen LogP contribution in [0.15, 0.2) is 54.6 Å². The van der Waals surface area contributed by atoms with E-state index in [1.165, 1.54) is 4.90 Å². The van der Waals surface area contributed by atoms with E-state index in [0.717, 1.165) is 19.3 Å². The lowest BCUT2D eigenvalue weighted by atomic mass is 9.81. The summed E-state index contributed by atoms with van der Waals surface area (Å²) in [4.78, 5) is 39.6. The Morgan fingerprint density at radius 1 is 0.889 bits per heavy atom. The molecule has 0 radical (unpaired) electrons. The third-order valence-corrected chi connectivity index (χ3v) is 6.33. The van der Waals surface area contributed by atoms with Crippen LogP contribution < -0.4 is 10.2 Å². The Hall–Kier alpha value is -2.95. The van der Waals surface area contributed by atoms with E-state index in [4.69, 9.17) is 0 Å². The summed E-state index contributed by atoms with van der Waals surface area (Å²) in [5.74, 6) is 0.0941. The van der Waals surface area contributed by atoms with E-state index in [0.29, 0.717) is 28.8 Å². The molecule has 0 unspecified atom stereocenters. The van der Waals surface area contributed by atoms with Crippen LogP contribution in [0.2, 0.25) is 0 Å². The van der Waals surface area contributed by atoms with Gasteiger partial charge >= 0.3 is 0 Å². The summed E-state index contributed by atoms with van der Waals surface area (Å²) in [5, 5.41) is 2.84. The Kier molecular flexibility index (Phi) is 3.64. The Labute approximate surface area is 157 Å². The second-order valence-corrected chi connectivity index (χ2v) is 7.77. The van der Waals surface area contributed by atoms with Crippen LogP contribution in [0.4, 0.5) is 11.4 Å². The van der Waals surface area contributed by atoms with Crippen molar-refractivity contribution in [3.8, 4) is 0 Å². The van der Waals surface area contributed by atoms with Crippen LogP contribution >= 0.6 is 0 Å². The van der Waals surface area contributed by atoms with Crippen molar-refractivity contribution >= 4 is 29.1 Å². The lowest BCUT2D eigenvalue weighted by molar-refractivity contribution is -0.123. The Bertz CT molecular complexity index is 912. The van der Waals surface area contributed by atoms with Crippen LogP contribution in [0, 0.1) is 23.7 Å². The molecule has 27 heavy (non-hydrogen) atoms. The molecule has 2 aromatic carbocycles. The molecule has 3 amide bonds. The van der Waals surface area contributed by atoms with Crippen molar-refractivity contribution in [3.63, 3.8) is 0 Å². The molecule has 0 spiro atoms. The van der Waals surface area contributed by atoms with Crippen LogP contribution in [0.25, 0.3) is 0 Å². The van der Waals surface area contributed by atoms with Gasteiger partial charge in [0.05, 0.1) is 17.5 Å². The molecule has 1 saturated heterocycles. The van der Waals surface area contributed by atoms with E-state index in [2.05, 4.69) is 5.32 Å². The molecule has 4 atom stereocenters. The van der Waals surface area contributed by atoms with Gasteiger partial charge in [-0.25, -0.2) is 4.90 Å². The summed E-state index contributed by atoms with van der Waals surface area (Å²) in [7, 11) is 0. The van der Waals surface area contributed by atoms with Crippen molar-refractivity contribution in [2.24, 2.45) is 23.7 Å². The highest BCUT2D eigenvalue weighted by atomic mass is 16.2. The second kappa shape index (κ2) is 6.05. The summed E-state index contributed by atoms with van der Waals surface area (Å²) in [5.41, 5.74) is 1.67. The molecular weight excluding hydrogens is 340 g/mol. The summed E-state index contributed by atoms with van der Waals surface area (Å²) >= 11 is 0. The summed E-state index contributed by atoms with van der Waals surface area (Å²) in [6, 6.07) is 15.9. The predicted octanol–water partition coefficient (Wildman–Crippen LogP) is 3.47. The minimum absolute atomic E-state index is 0.0660. The number of hydrogen-bond donors (Lipinski definition) is 1. The highest BCUT2D eigenvalue weighted by molar-refractivity contribution is 6.22. The maximum absolute atomic E-state index is 13.0. The zero-order valence-electron chi connectivity index (χ0n) is 14.8. The van der Waals surface area contributed by atoms with Crippen molar-refractivity contribution in [1.82, 2.24) is 0 Å². The average Bonchev–Trinajstić information content (AvgIpc) is 3.36. The number of rotatable bonds is 3. The number of carbonyl (C=O) groups excluding carboxylic acids is 3. The molecule has 2 aliphatic carbocycles. The van der Waals surface area contributed by atoms with Gasteiger partial charge in [-0.3, -0.25) is 14.4 Å². The molecule has 2 aromatic rings. The van der Waals surface area contributed by atoms with Crippen LogP contribution in [-0.4, -0.2) is 17.7 Å². The molecule has 5 heteroatoms. The molecule has 2 bridgehead atoms. The van der Waals surface area contributed by atoms with E-state index in [1.54, 1.807) is 48.5 Å². The molecule has 136 valence electrons. The molecule has 1 heterocycles. The zero-order chi connectivity index (χ0) is 18.5. The first-order valence-corrected chi connectivity index (χ1v) is 9.48. The normalized spacial score (nSPS) is 28.5. The highest BCUT2D eigenvalue weighted by Gasteiger charge is 2.61. The third-order valence-electron chi connectivity index (χ3n) is 6.33. The van der Waals surface area contributed by atoms with E-state index in [1.807, 2.05) is 6.07 Å². The zero-order valence-corrected chi connectivity index (χ0v) is 14.8. The van der Waals surface area contributed by atoms with Crippen LogP contribution in [0.1, 0.15) is 29.6 Å². The summed E-state index contributed by atoms with van der Waals surface area (Å²) in [6.07, 6.45) is 3.14. The van der Waals surface area contributed by atoms with Gasteiger partial charge in [-0.2, -0.15) is 0 Å². The van der Waals surface area contributed by atoms with Crippen molar-refractivity contribution in [2.45, 2.75) is 19.3 Å². The maximum Gasteiger partial charge on any atom is 0.255 e. The van der Waals surface area contributed by atoms with Gasteiger partial charge in [-0.1, -0.05) is 24.3 Å². The molecule has 5 rings (SSSR count). The SMILES string of the molecule is O=C(Nc1cccc(N2C(=O)[C@@H]3[C@H]4CC[C@@H](C4)[C@H]3C2=O)c1)c1ccccc1. The lowest BCUT2D eigenvalue weighted by Gasteiger charge is -2.19. The number of nitrogens with zero attached hydrogens (tertiary/aromatic N) is 1. The Balaban J connectivity index is 1.40. The number of amides is 3. The van der Waals surface area contributed by atoms with Gasteiger partial charge in [0.15, 0.2) is 0 Å². The topological polar surface area (TPSA) is 66.5 Å². The molecule has 0 aromatic heterocycles. The van der Waals surface area contributed by atoms with Crippen LogP contribution in [-0.2, 0) is 9.59 Å². The molecule has 2 saturated carbocycles. The molecule has 3 aliphatic rings. The van der Waals surface area contributed by atoms with Gasteiger partial charge in [-0.05, 0) is 61.4 Å². The van der Waals surface area contributed by atoms with E-state index in [-0.39, 0.29) is 29.6 Å². The smallest absolute Gasteiger partial charge is 0.255 e. The van der Waals surface area contributed by atoms with Gasteiger partial charge in [0, 0.05) is 11.3 Å². The first-order valence-electron chi connectivity index (χ1n) is 9.48. The minimum atomic E-state index is -0.221. The molecule has 1 N–H and O–H groups in total. The standard InChI is InChI=1S/C22H20N2O3/c25-20(13-5-2-1-3-6-13)23-16-7-4-8-17(12-16)24-21(26)18-14-9-10-15(11-14)19(18)22(24)27/h1-8,12,14-15,18-19H,9-11H2,(H,23,25)/t14-,15-,18+,19+/m0/s1. The fourth-order valence-electron chi connectivity index (χ4n) is 5.18. The molecular formula is C22H20N2O3. The number of carbonyl (C=O) groups is 3. The second-order valence-electron chi connectivity index (χ2n) is 7.77. The third kappa shape index (κ3) is 2.49. The fourth-order valence-corrected chi connectivity index (χ4v) is 5.18. The van der Waals surface area contributed by atoms with Gasteiger partial charge in [0.25, 0.3) is 5.91 Å². The lowest BCUT2D eigenvalue weighted by Crippen LogP contribution is -2.32. The van der Waals surface area contributed by atoms with E-state index in [9.17, 15) is 14.4 Å². The number of benzene rings is 2. The van der Waals surface area contributed by atoms with Crippen LogP contribution in [0.5, 0.6) is 0 Å². The van der Waals surface area contributed by atoms with Gasteiger partial charge in [0.1, 0.15) is 0 Å². The van der Waals surface area contributed by atoms with Crippen molar-refractivity contribution in [3.05, 3.63) is 60.2 Å². The largest absolute Gasteiger partial charge is 0.322 e. The van der Waals surface area contributed by atoms with E-state index < -0.39 is 0 Å². The van der Waals surface area contributed by atoms with Crippen molar-refractivity contribution in [1.29, 1.82) is 0 Å². The summed E-state index contributed by atoms with van der Waals surface area (Å²) < 4.78 is 0. The Morgan fingerprint density at radius 3 is 2.22 bits per heavy atom. The van der Waals surface area contributed by atoms with Crippen molar-refractivity contribution < 1.29 is 14.4 Å². The average molecular weight is 360 g/mol. The molecule has 1 aliphatic heterocycles. The number of anilines is 2. The highest BCUT2D eigenvalue weighted by Crippen LogP contribution is 2.56. The molecule has 3 fully saturated rings. The fraction of sp³-hybridized carbons (Fsp3) is 0.318. The minimum Gasteiger partial charge on any atom is -0.322 e. The van der Waals surface area contributed by atoms with Crippen molar-refractivity contribution in [2.75, 3.05) is 10.2 Å². The molecule has 5 nitrogen and oxygen atoms in total. The van der Waals surface area contributed by atoms with Gasteiger partial charge in [-0.15, -0.1) is 0 Å². The quantitative estimate of drug-likeness (QED) is 0.852. The number of nitrogens with one attached hydrogen (secondary N) is 1. The van der Waals surface area contributed by atoms with Crippen LogP contribution in [0.3, 0.4) is 0 Å². The van der Waals surface area contributed by atoms with Gasteiger partial charge in [0.2, 0.25) is 11.8 Å². The monoisotopic (exact) mass is 360 g/mol. The van der Waals surface area contributed by atoms with E-state index >= 15 is 0 Å². The van der Waals surface area contributed by atoms with Gasteiger partial charge < -0.3 is 5.32 Å². The number of imide groups is 1. The number of fused-ring (bicyclic) bond motifs is 5. The first-order chi connectivity index (χ1) is 13.1. The maximum atomic E-state index is 13.0. The first kappa shape index (κ1) is 16.2.